The Morgan fingerprint density at radius 2 is 1.68 bits per heavy atom. The van der Waals surface area contributed by atoms with E-state index in [1.54, 1.807) is 0 Å². The molecule has 0 saturated carbocycles. The first-order valence-electron chi connectivity index (χ1n) is 10.1. The van der Waals surface area contributed by atoms with E-state index >= 15 is 0 Å². The SMILES string of the molecule is CCCCOCCCN1C(=O)C(SC(C)C)=C(c2ccc(OCC)cc2)C1=O. The van der Waals surface area contributed by atoms with Gasteiger partial charge in [-0.3, -0.25) is 14.5 Å². The first-order chi connectivity index (χ1) is 13.5. The maximum absolute atomic E-state index is 13.0. The first kappa shape index (κ1) is 22.5. The maximum Gasteiger partial charge on any atom is 0.267 e. The molecule has 0 saturated heterocycles. The molecule has 5 nitrogen and oxygen atoms in total. The van der Waals surface area contributed by atoms with Crippen molar-refractivity contribution in [3.05, 3.63) is 34.7 Å². The van der Waals surface area contributed by atoms with Crippen LogP contribution in [-0.4, -0.2) is 48.3 Å². The van der Waals surface area contributed by atoms with Gasteiger partial charge in [-0.05, 0) is 37.5 Å². The predicted molar refractivity (Wildman–Crippen MR) is 114 cm³/mol. The first-order valence-corrected chi connectivity index (χ1v) is 11.0. The van der Waals surface area contributed by atoms with Crippen LogP contribution in [0.4, 0.5) is 0 Å². The molecule has 0 bridgehead atoms. The predicted octanol–water partition coefficient (Wildman–Crippen LogP) is 4.51. The molecule has 0 radical (unpaired) electrons. The number of unbranched alkanes of at least 4 members (excludes halogenated alkanes) is 1. The van der Waals surface area contributed by atoms with Gasteiger partial charge in [-0.1, -0.05) is 39.3 Å². The highest BCUT2D eigenvalue weighted by molar-refractivity contribution is 8.04. The molecule has 1 aromatic rings. The van der Waals surface area contributed by atoms with E-state index in [-0.39, 0.29) is 17.1 Å². The molecule has 0 aromatic heterocycles. The van der Waals surface area contributed by atoms with Crippen molar-refractivity contribution in [2.75, 3.05) is 26.4 Å². The van der Waals surface area contributed by atoms with Gasteiger partial charge in [0.05, 0.1) is 17.1 Å². The van der Waals surface area contributed by atoms with Crippen LogP contribution in [0.25, 0.3) is 5.57 Å². The Morgan fingerprint density at radius 3 is 2.29 bits per heavy atom. The number of amides is 2. The van der Waals surface area contributed by atoms with E-state index in [9.17, 15) is 9.59 Å². The molecule has 0 aliphatic carbocycles. The molecule has 1 aliphatic rings. The van der Waals surface area contributed by atoms with Crippen molar-refractivity contribution in [3.63, 3.8) is 0 Å². The molecular weight excluding hydrogens is 374 g/mol. The third-order valence-corrected chi connectivity index (χ3v) is 5.33. The normalized spacial score (nSPS) is 14.5. The van der Waals surface area contributed by atoms with Crippen molar-refractivity contribution in [1.29, 1.82) is 0 Å². The molecular formula is C22H31NO4S. The van der Waals surface area contributed by atoms with Crippen molar-refractivity contribution >= 4 is 29.1 Å². The summed E-state index contributed by atoms with van der Waals surface area (Å²) in [6.07, 6.45) is 2.77. The standard InChI is InChI=1S/C22H31NO4S/c1-5-7-14-26-15-8-13-23-21(24)19(20(22(23)25)28-16(3)4)17-9-11-18(12-10-17)27-6-2/h9-12,16H,5-8,13-15H2,1-4H3. The molecule has 2 rings (SSSR count). The number of rotatable bonds is 12. The lowest BCUT2D eigenvalue weighted by Gasteiger charge is -2.15. The average Bonchev–Trinajstić information content (AvgIpc) is 2.89. The number of hydrogen-bond acceptors (Lipinski definition) is 5. The highest BCUT2D eigenvalue weighted by Crippen LogP contribution is 2.38. The summed E-state index contributed by atoms with van der Waals surface area (Å²) in [5.74, 6) is 0.342. The quantitative estimate of drug-likeness (QED) is 0.378. The second-order valence-corrected chi connectivity index (χ2v) is 8.50. The molecule has 6 heteroatoms. The van der Waals surface area contributed by atoms with Crippen LogP contribution in [-0.2, 0) is 14.3 Å². The Labute approximate surface area is 172 Å². The summed E-state index contributed by atoms with van der Waals surface area (Å²) < 4.78 is 11.0. The number of thioether (sulfide) groups is 1. The third kappa shape index (κ3) is 5.85. The van der Waals surface area contributed by atoms with Gasteiger partial charge in [-0.15, -0.1) is 11.8 Å². The van der Waals surface area contributed by atoms with E-state index in [1.807, 2.05) is 45.0 Å². The fraction of sp³-hybridized carbons (Fsp3) is 0.545. The lowest BCUT2D eigenvalue weighted by molar-refractivity contribution is -0.136. The fourth-order valence-electron chi connectivity index (χ4n) is 2.91. The molecule has 1 heterocycles. The van der Waals surface area contributed by atoms with Crippen LogP contribution < -0.4 is 4.74 Å². The summed E-state index contributed by atoms with van der Waals surface area (Å²) in [5.41, 5.74) is 1.25. The van der Waals surface area contributed by atoms with E-state index in [0.717, 1.165) is 30.8 Å². The van der Waals surface area contributed by atoms with Crippen LogP contribution >= 0.6 is 11.8 Å². The van der Waals surface area contributed by atoms with Crippen LogP contribution in [0.5, 0.6) is 5.75 Å². The van der Waals surface area contributed by atoms with E-state index in [4.69, 9.17) is 9.47 Å². The fourth-order valence-corrected chi connectivity index (χ4v) is 3.92. The number of carbonyl (C=O) groups excluding carboxylic acids is 2. The van der Waals surface area contributed by atoms with Crippen LogP contribution in [0.3, 0.4) is 0 Å². The Kier molecular flexibility index (Phi) is 9.06. The molecule has 1 aromatic carbocycles. The van der Waals surface area contributed by atoms with Gasteiger partial charge in [0.2, 0.25) is 0 Å². The number of carbonyl (C=O) groups is 2. The van der Waals surface area contributed by atoms with E-state index in [1.165, 1.54) is 16.7 Å². The zero-order valence-electron chi connectivity index (χ0n) is 17.3. The Hall–Kier alpha value is -1.79. The molecule has 0 spiro atoms. The minimum atomic E-state index is -0.217. The van der Waals surface area contributed by atoms with E-state index < -0.39 is 0 Å². The smallest absolute Gasteiger partial charge is 0.267 e. The molecule has 0 atom stereocenters. The number of ether oxygens (including phenoxy) is 2. The molecule has 2 amide bonds. The van der Waals surface area contributed by atoms with Crippen molar-refractivity contribution in [1.82, 2.24) is 4.90 Å². The minimum absolute atomic E-state index is 0.193. The minimum Gasteiger partial charge on any atom is -0.494 e. The molecule has 28 heavy (non-hydrogen) atoms. The van der Waals surface area contributed by atoms with Crippen LogP contribution in [0.15, 0.2) is 29.2 Å². The number of nitrogens with zero attached hydrogens (tertiary/aromatic N) is 1. The number of imide groups is 1. The second kappa shape index (κ2) is 11.3. The molecule has 1 aliphatic heterocycles. The van der Waals surface area contributed by atoms with E-state index in [0.29, 0.717) is 36.7 Å². The summed E-state index contributed by atoms with van der Waals surface area (Å²) in [5, 5.41) is 0.210. The zero-order valence-corrected chi connectivity index (χ0v) is 18.1. The summed E-state index contributed by atoms with van der Waals surface area (Å²) in [4.78, 5) is 27.9. The summed E-state index contributed by atoms with van der Waals surface area (Å²) in [7, 11) is 0. The monoisotopic (exact) mass is 405 g/mol. The molecule has 0 unspecified atom stereocenters. The Morgan fingerprint density at radius 1 is 1.00 bits per heavy atom. The summed E-state index contributed by atoms with van der Waals surface area (Å²) >= 11 is 1.45. The average molecular weight is 406 g/mol. The van der Waals surface area contributed by atoms with E-state index in [2.05, 4.69) is 6.92 Å². The van der Waals surface area contributed by atoms with Gasteiger partial charge in [0, 0.05) is 25.0 Å². The largest absolute Gasteiger partial charge is 0.494 e. The molecule has 154 valence electrons. The van der Waals surface area contributed by atoms with Crippen molar-refractivity contribution in [3.8, 4) is 5.75 Å². The lowest BCUT2D eigenvalue weighted by atomic mass is 10.1. The van der Waals surface area contributed by atoms with Crippen LogP contribution in [0.2, 0.25) is 0 Å². The molecule has 0 N–H and O–H groups in total. The zero-order chi connectivity index (χ0) is 20.5. The third-order valence-electron chi connectivity index (χ3n) is 4.25. The van der Waals surface area contributed by atoms with Gasteiger partial charge >= 0.3 is 0 Å². The van der Waals surface area contributed by atoms with Gasteiger partial charge in [-0.25, -0.2) is 0 Å². The maximum atomic E-state index is 13.0. The van der Waals surface area contributed by atoms with Gasteiger partial charge in [0.1, 0.15) is 5.75 Å². The van der Waals surface area contributed by atoms with Crippen molar-refractivity contribution in [2.45, 2.75) is 52.2 Å². The van der Waals surface area contributed by atoms with Crippen molar-refractivity contribution < 1.29 is 19.1 Å². The van der Waals surface area contributed by atoms with Crippen LogP contribution in [0, 0.1) is 0 Å². The number of benzene rings is 1. The summed E-state index contributed by atoms with van der Waals surface area (Å²) in [6, 6.07) is 7.38. The van der Waals surface area contributed by atoms with Gasteiger partial charge in [-0.2, -0.15) is 0 Å². The highest BCUT2D eigenvalue weighted by Gasteiger charge is 2.39. The molecule has 0 fully saturated rings. The Bertz CT molecular complexity index is 697. The van der Waals surface area contributed by atoms with Crippen LogP contribution in [0.1, 0.15) is 52.5 Å². The second-order valence-electron chi connectivity index (χ2n) is 6.91. The van der Waals surface area contributed by atoms with Gasteiger partial charge in [0.25, 0.3) is 11.8 Å². The summed E-state index contributed by atoms with van der Waals surface area (Å²) in [6.45, 7) is 10.3. The van der Waals surface area contributed by atoms with Gasteiger partial charge < -0.3 is 9.47 Å². The topological polar surface area (TPSA) is 55.8 Å². The van der Waals surface area contributed by atoms with Gasteiger partial charge in [0.15, 0.2) is 0 Å². The van der Waals surface area contributed by atoms with Crippen molar-refractivity contribution in [2.24, 2.45) is 0 Å². The Balaban J connectivity index is 2.14. The number of hydrogen-bond donors (Lipinski definition) is 0. The highest BCUT2D eigenvalue weighted by atomic mass is 32.2. The lowest BCUT2D eigenvalue weighted by Crippen LogP contribution is -2.33.